The Labute approximate surface area is 110 Å². The van der Waals surface area contributed by atoms with Gasteiger partial charge in [0.2, 0.25) is 0 Å². The summed E-state index contributed by atoms with van der Waals surface area (Å²) in [5.41, 5.74) is 7.22. The average Bonchev–Trinajstić information content (AvgIpc) is 2.43. The summed E-state index contributed by atoms with van der Waals surface area (Å²) in [6, 6.07) is 8.10. The van der Waals surface area contributed by atoms with Crippen molar-refractivity contribution in [2.45, 2.75) is 38.1 Å². The van der Waals surface area contributed by atoms with E-state index >= 15 is 0 Å². The molecule has 0 unspecified atom stereocenters. The summed E-state index contributed by atoms with van der Waals surface area (Å²) in [7, 11) is 1.69. The smallest absolute Gasteiger partial charge is 0.119 e. The Balaban J connectivity index is 2.05. The van der Waals surface area contributed by atoms with Crippen LogP contribution >= 0.6 is 0 Å². The van der Waals surface area contributed by atoms with Gasteiger partial charge in [0.05, 0.1) is 7.11 Å². The number of rotatable bonds is 4. The second-order valence-corrected chi connectivity index (χ2v) is 5.52. The van der Waals surface area contributed by atoms with Gasteiger partial charge in [-0.1, -0.05) is 6.92 Å². The van der Waals surface area contributed by atoms with E-state index in [4.69, 9.17) is 10.5 Å². The highest BCUT2D eigenvalue weighted by atomic mass is 16.5. The van der Waals surface area contributed by atoms with E-state index in [1.54, 1.807) is 7.11 Å². The summed E-state index contributed by atoms with van der Waals surface area (Å²) in [5.74, 6) is 1.72. The van der Waals surface area contributed by atoms with Crippen molar-refractivity contribution in [2.24, 2.45) is 11.7 Å². The maximum Gasteiger partial charge on any atom is 0.119 e. The summed E-state index contributed by atoms with van der Waals surface area (Å²) in [5, 5.41) is 3.64. The molecule has 1 saturated carbocycles. The molecule has 0 amide bonds. The van der Waals surface area contributed by atoms with Crippen molar-refractivity contribution in [3.63, 3.8) is 0 Å². The van der Waals surface area contributed by atoms with Crippen molar-refractivity contribution >= 4 is 5.69 Å². The Hall–Kier alpha value is -1.22. The van der Waals surface area contributed by atoms with E-state index in [0.717, 1.165) is 30.2 Å². The first kappa shape index (κ1) is 13.2. The Bertz CT molecular complexity index is 367. The summed E-state index contributed by atoms with van der Waals surface area (Å²) in [6.07, 6.45) is 4.86. The molecule has 3 N–H and O–H groups in total. The molecule has 1 aromatic rings. The molecule has 1 fully saturated rings. The number of hydrogen-bond donors (Lipinski definition) is 2. The Morgan fingerprint density at radius 3 is 2.39 bits per heavy atom. The fourth-order valence-corrected chi connectivity index (χ4v) is 2.68. The molecule has 0 spiro atoms. The molecule has 0 aliphatic heterocycles. The second kappa shape index (κ2) is 5.61. The first-order valence-corrected chi connectivity index (χ1v) is 6.80. The van der Waals surface area contributed by atoms with Gasteiger partial charge in [-0.15, -0.1) is 0 Å². The van der Waals surface area contributed by atoms with Gasteiger partial charge >= 0.3 is 0 Å². The van der Waals surface area contributed by atoms with Crippen LogP contribution in [-0.2, 0) is 0 Å². The van der Waals surface area contributed by atoms with E-state index in [1.165, 1.54) is 12.8 Å². The highest BCUT2D eigenvalue weighted by Gasteiger charge is 2.32. The minimum atomic E-state index is 0.0844. The zero-order chi connectivity index (χ0) is 13.0. The Morgan fingerprint density at radius 1 is 1.28 bits per heavy atom. The highest BCUT2D eigenvalue weighted by Crippen LogP contribution is 2.34. The Kier molecular flexibility index (Phi) is 4.12. The third kappa shape index (κ3) is 2.96. The molecule has 1 aromatic carbocycles. The standard InChI is InChI=1S/C15H24N2O/c1-12-7-9-15(11-16,10-8-12)17-13-3-5-14(18-2)6-4-13/h3-6,12,17H,7-11,16H2,1-2H3. The van der Waals surface area contributed by atoms with Crippen LogP contribution in [0.25, 0.3) is 0 Å². The van der Waals surface area contributed by atoms with Crippen LogP contribution in [0.1, 0.15) is 32.6 Å². The largest absolute Gasteiger partial charge is 0.497 e. The van der Waals surface area contributed by atoms with Gasteiger partial charge in [0.15, 0.2) is 0 Å². The summed E-state index contributed by atoms with van der Waals surface area (Å²) in [6.45, 7) is 3.03. The van der Waals surface area contributed by atoms with Crippen molar-refractivity contribution in [3.8, 4) is 5.75 Å². The molecule has 0 saturated heterocycles. The van der Waals surface area contributed by atoms with E-state index in [2.05, 4.69) is 24.4 Å². The first-order valence-electron chi connectivity index (χ1n) is 6.80. The van der Waals surface area contributed by atoms with Crippen LogP contribution in [0, 0.1) is 5.92 Å². The molecular weight excluding hydrogens is 224 g/mol. The van der Waals surface area contributed by atoms with E-state index < -0.39 is 0 Å². The first-order chi connectivity index (χ1) is 8.67. The average molecular weight is 248 g/mol. The van der Waals surface area contributed by atoms with Crippen LogP contribution < -0.4 is 15.8 Å². The van der Waals surface area contributed by atoms with Crippen molar-refractivity contribution in [3.05, 3.63) is 24.3 Å². The van der Waals surface area contributed by atoms with E-state index in [0.29, 0.717) is 6.54 Å². The molecule has 0 aromatic heterocycles. The topological polar surface area (TPSA) is 47.3 Å². The normalized spacial score (nSPS) is 27.8. The quantitative estimate of drug-likeness (QED) is 0.861. The minimum absolute atomic E-state index is 0.0844. The summed E-state index contributed by atoms with van der Waals surface area (Å²) < 4.78 is 5.17. The number of anilines is 1. The van der Waals surface area contributed by atoms with Crippen molar-refractivity contribution in [1.29, 1.82) is 0 Å². The van der Waals surface area contributed by atoms with Gasteiger partial charge in [-0.3, -0.25) is 0 Å². The van der Waals surface area contributed by atoms with Crippen LogP contribution in [0.15, 0.2) is 24.3 Å². The molecule has 100 valence electrons. The van der Waals surface area contributed by atoms with Gasteiger partial charge in [0.25, 0.3) is 0 Å². The van der Waals surface area contributed by atoms with Gasteiger partial charge < -0.3 is 15.8 Å². The predicted molar refractivity (Wildman–Crippen MR) is 76.0 cm³/mol. The minimum Gasteiger partial charge on any atom is -0.497 e. The van der Waals surface area contributed by atoms with Crippen LogP contribution in [0.3, 0.4) is 0 Å². The molecule has 3 nitrogen and oxygen atoms in total. The molecule has 2 rings (SSSR count). The molecule has 0 bridgehead atoms. The van der Waals surface area contributed by atoms with Gasteiger partial charge in [-0.05, 0) is 55.9 Å². The third-order valence-electron chi connectivity index (χ3n) is 4.12. The fraction of sp³-hybridized carbons (Fsp3) is 0.600. The number of hydrogen-bond acceptors (Lipinski definition) is 3. The lowest BCUT2D eigenvalue weighted by atomic mass is 9.77. The number of ether oxygens (including phenoxy) is 1. The number of benzene rings is 1. The lowest BCUT2D eigenvalue weighted by molar-refractivity contribution is 0.272. The molecule has 1 aliphatic rings. The molecule has 0 heterocycles. The highest BCUT2D eigenvalue weighted by molar-refractivity contribution is 5.48. The van der Waals surface area contributed by atoms with Gasteiger partial charge in [-0.25, -0.2) is 0 Å². The lowest BCUT2D eigenvalue weighted by Crippen LogP contribution is -2.48. The van der Waals surface area contributed by atoms with Crippen LogP contribution in [0.5, 0.6) is 5.75 Å². The van der Waals surface area contributed by atoms with Crippen LogP contribution in [0.2, 0.25) is 0 Å². The number of nitrogens with two attached hydrogens (primary N) is 1. The second-order valence-electron chi connectivity index (χ2n) is 5.52. The zero-order valence-corrected chi connectivity index (χ0v) is 11.4. The molecule has 0 radical (unpaired) electrons. The van der Waals surface area contributed by atoms with Crippen molar-refractivity contribution in [1.82, 2.24) is 0 Å². The van der Waals surface area contributed by atoms with Crippen molar-refractivity contribution < 1.29 is 4.74 Å². The molecule has 3 heteroatoms. The summed E-state index contributed by atoms with van der Waals surface area (Å²) in [4.78, 5) is 0. The van der Waals surface area contributed by atoms with E-state index in [9.17, 15) is 0 Å². The maximum absolute atomic E-state index is 6.00. The molecule has 0 atom stereocenters. The lowest BCUT2D eigenvalue weighted by Gasteiger charge is -2.40. The third-order valence-corrected chi connectivity index (χ3v) is 4.12. The Morgan fingerprint density at radius 2 is 1.89 bits per heavy atom. The SMILES string of the molecule is COc1ccc(NC2(CN)CCC(C)CC2)cc1. The molecule has 1 aliphatic carbocycles. The van der Waals surface area contributed by atoms with Crippen molar-refractivity contribution in [2.75, 3.05) is 19.0 Å². The van der Waals surface area contributed by atoms with Gasteiger partial charge in [0.1, 0.15) is 5.75 Å². The molecule has 18 heavy (non-hydrogen) atoms. The van der Waals surface area contributed by atoms with E-state index in [-0.39, 0.29) is 5.54 Å². The zero-order valence-electron chi connectivity index (χ0n) is 11.4. The summed E-state index contributed by atoms with van der Waals surface area (Å²) >= 11 is 0. The number of nitrogens with one attached hydrogen (secondary N) is 1. The van der Waals surface area contributed by atoms with Gasteiger partial charge in [0, 0.05) is 17.8 Å². The molecular formula is C15H24N2O. The monoisotopic (exact) mass is 248 g/mol. The van der Waals surface area contributed by atoms with E-state index in [1.807, 2.05) is 12.1 Å². The fourth-order valence-electron chi connectivity index (χ4n) is 2.68. The number of methoxy groups -OCH3 is 1. The predicted octanol–water partition coefficient (Wildman–Crippen LogP) is 3.01. The van der Waals surface area contributed by atoms with Gasteiger partial charge in [-0.2, -0.15) is 0 Å². The van der Waals surface area contributed by atoms with Crippen LogP contribution in [0.4, 0.5) is 5.69 Å². The maximum atomic E-state index is 6.00. The van der Waals surface area contributed by atoms with Crippen LogP contribution in [-0.4, -0.2) is 19.2 Å².